The van der Waals surface area contributed by atoms with Crippen LogP contribution in [0.2, 0.25) is 0 Å². The number of esters is 1. The van der Waals surface area contributed by atoms with Gasteiger partial charge in [-0.15, -0.1) is 0 Å². The standard InChI is InChI=1S/C37H48N2O6/c1-8-43-36(41)32-30(37(4,5)6)33(45-22-25-21-24-15-9-12-18-28(24)38-34(25)42-7)31(27-17-11-10-16-26(27)23(2)3)39(32)35(40)29-19-13-14-20-44-29/h9-12,15-18,21,23,29-33H,8,13-14,19-20,22H2,1-7H3/t29-,30-,31+,32+,33+/m1/s1. The largest absolute Gasteiger partial charge is 0.481 e. The molecule has 2 fully saturated rings. The first-order chi connectivity index (χ1) is 21.6. The summed E-state index contributed by atoms with van der Waals surface area (Å²) >= 11 is 0. The molecule has 45 heavy (non-hydrogen) atoms. The second-order valence-corrected chi connectivity index (χ2v) is 13.5. The quantitative estimate of drug-likeness (QED) is 0.239. The average molecular weight is 617 g/mol. The van der Waals surface area contributed by atoms with Crippen LogP contribution in [0, 0.1) is 11.3 Å². The number of para-hydroxylation sites is 1. The molecule has 0 radical (unpaired) electrons. The van der Waals surface area contributed by atoms with E-state index in [-0.39, 0.29) is 31.0 Å². The van der Waals surface area contributed by atoms with Crippen LogP contribution < -0.4 is 4.74 Å². The first-order valence-electron chi connectivity index (χ1n) is 16.3. The predicted octanol–water partition coefficient (Wildman–Crippen LogP) is 7.00. The zero-order valence-electron chi connectivity index (χ0n) is 27.7. The van der Waals surface area contributed by atoms with Crippen LogP contribution in [0.15, 0.2) is 54.6 Å². The number of methoxy groups -OCH3 is 1. The summed E-state index contributed by atoms with van der Waals surface area (Å²) in [6.45, 7) is 13.3. The Hall–Kier alpha value is -3.49. The van der Waals surface area contributed by atoms with E-state index >= 15 is 0 Å². The Morgan fingerprint density at radius 2 is 1.80 bits per heavy atom. The molecule has 2 aliphatic rings. The summed E-state index contributed by atoms with van der Waals surface area (Å²) < 4.78 is 24.5. The molecule has 0 N–H and O–H groups in total. The number of nitrogens with zero attached hydrogens (tertiary/aromatic N) is 2. The van der Waals surface area contributed by atoms with Gasteiger partial charge in [-0.05, 0) is 60.8 Å². The third-order valence-corrected chi connectivity index (χ3v) is 9.17. The SMILES string of the molecule is CCOC(=O)[C@@H]1[C@@H](C(C)(C)C)[C@H](OCc2cc3ccccc3nc2OC)[C@H](c2ccccc2C(C)C)N1C(=O)[C@H]1CCCCO1. The van der Waals surface area contributed by atoms with Crippen molar-refractivity contribution >= 4 is 22.8 Å². The molecule has 242 valence electrons. The highest BCUT2D eigenvalue weighted by atomic mass is 16.5. The number of carbonyl (C=O) groups excluding carboxylic acids is 2. The number of fused-ring (bicyclic) bond motifs is 1. The van der Waals surface area contributed by atoms with Crippen molar-refractivity contribution in [1.82, 2.24) is 9.88 Å². The third kappa shape index (κ3) is 6.73. The van der Waals surface area contributed by atoms with Gasteiger partial charge < -0.3 is 23.8 Å². The van der Waals surface area contributed by atoms with Gasteiger partial charge in [0.25, 0.3) is 5.91 Å². The molecule has 2 aromatic carbocycles. The van der Waals surface area contributed by atoms with E-state index in [2.05, 4.69) is 46.8 Å². The van der Waals surface area contributed by atoms with Crippen molar-refractivity contribution < 1.29 is 28.5 Å². The first kappa shape index (κ1) is 32.9. The lowest BCUT2D eigenvalue weighted by Crippen LogP contribution is -2.51. The minimum absolute atomic E-state index is 0.179. The predicted molar refractivity (Wildman–Crippen MR) is 174 cm³/mol. The molecule has 0 aliphatic carbocycles. The number of pyridine rings is 1. The maximum Gasteiger partial charge on any atom is 0.329 e. The molecular formula is C37H48N2O6. The van der Waals surface area contributed by atoms with E-state index in [4.69, 9.17) is 23.9 Å². The van der Waals surface area contributed by atoms with Crippen LogP contribution in [-0.4, -0.2) is 60.3 Å². The average Bonchev–Trinajstić information content (AvgIpc) is 3.39. The van der Waals surface area contributed by atoms with E-state index in [0.29, 0.717) is 18.9 Å². The van der Waals surface area contributed by atoms with Crippen LogP contribution in [0.25, 0.3) is 10.9 Å². The van der Waals surface area contributed by atoms with Crippen molar-refractivity contribution in [2.24, 2.45) is 11.3 Å². The highest BCUT2D eigenvalue weighted by Gasteiger charge is 2.60. The molecule has 5 atom stereocenters. The minimum Gasteiger partial charge on any atom is -0.481 e. The molecule has 5 rings (SSSR count). The molecule has 0 saturated carbocycles. The zero-order valence-corrected chi connectivity index (χ0v) is 27.7. The number of amides is 1. The summed E-state index contributed by atoms with van der Waals surface area (Å²) in [5.74, 6) is -0.298. The van der Waals surface area contributed by atoms with Gasteiger partial charge in [0.05, 0.1) is 38.0 Å². The fourth-order valence-corrected chi connectivity index (χ4v) is 7.15. The van der Waals surface area contributed by atoms with E-state index in [1.165, 1.54) is 0 Å². The van der Waals surface area contributed by atoms with Crippen molar-refractivity contribution in [1.29, 1.82) is 0 Å². The molecule has 1 aromatic heterocycles. The second kappa shape index (κ2) is 13.9. The lowest BCUT2D eigenvalue weighted by atomic mass is 9.73. The molecule has 8 heteroatoms. The summed E-state index contributed by atoms with van der Waals surface area (Å²) in [7, 11) is 1.61. The molecule has 8 nitrogen and oxygen atoms in total. The lowest BCUT2D eigenvalue weighted by molar-refractivity contribution is -0.162. The molecular weight excluding hydrogens is 568 g/mol. The number of ether oxygens (including phenoxy) is 4. The van der Waals surface area contributed by atoms with Gasteiger partial charge in [0, 0.05) is 23.5 Å². The van der Waals surface area contributed by atoms with Gasteiger partial charge in [-0.1, -0.05) is 77.1 Å². The maximum atomic E-state index is 14.6. The zero-order chi connectivity index (χ0) is 32.3. The normalized spacial score (nSPS) is 23.8. The van der Waals surface area contributed by atoms with E-state index < -0.39 is 35.7 Å². The molecule has 0 bridgehead atoms. The highest BCUT2D eigenvalue weighted by Crippen LogP contribution is 2.51. The Kier molecular flexibility index (Phi) is 10.1. The van der Waals surface area contributed by atoms with Crippen LogP contribution in [0.3, 0.4) is 0 Å². The maximum absolute atomic E-state index is 14.6. The minimum atomic E-state index is -0.852. The Balaban J connectivity index is 1.67. The van der Waals surface area contributed by atoms with Crippen molar-refractivity contribution in [3.8, 4) is 5.88 Å². The van der Waals surface area contributed by atoms with Crippen LogP contribution in [-0.2, 0) is 30.4 Å². The van der Waals surface area contributed by atoms with E-state index in [0.717, 1.165) is 40.4 Å². The lowest BCUT2D eigenvalue weighted by Gasteiger charge is -2.36. The van der Waals surface area contributed by atoms with Crippen LogP contribution in [0.1, 0.15) is 89.5 Å². The summed E-state index contributed by atoms with van der Waals surface area (Å²) in [4.78, 5) is 35.2. The molecule has 3 aromatic rings. The molecule has 2 saturated heterocycles. The number of aromatic nitrogens is 1. The topological polar surface area (TPSA) is 87.2 Å². The Morgan fingerprint density at radius 3 is 2.47 bits per heavy atom. The number of benzene rings is 2. The fourth-order valence-electron chi connectivity index (χ4n) is 7.15. The van der Waals surface area contributed by atoms with Crippen molar-refractivity contribution in [3.63, 3.8) is 0 Å². The first-order valence-corrected chi connectivity index (χ1v) is 16.3. The summed E-state index contributed by atoms with van der Waals surface area (Å²) in [5.41, 5.74) is 3.29. The van der Waals surface area contributed by atoms with E-state index in [1.54, 1.807) is 18.9 Å². The molecule has 3 heterocycles. The summed E-state index contributed by atoms with van der Waals surface area (Å²) in [6.07, 6.45) is 1.29. The van der Waals surface area contributed by atoms with Crippen molar-refractivity contribution in [2.45, 2.75) is 97.6 Å². The van der Waals surface area contributed by atoms with Gasteiger partial charge in [0.15, 0.2) is 0 Å². The van der Waals surface area contributed by atoms with E-state index in [9.17, 15) is 9.59 Å². The van der Waals surface area contributed by atoms with Gasteiger partial charge in [-0.2, -0.15) is 0 Å². The second-order valence-electron chi connectivity index (χ2n) is 13.5. The van der Waals surface area contributed by atoms with Gasteiger partial charge in [-0.25, -0.2) is 9.78 Å². The smallest absolute Gasteiger partial charge is 0.329 e. The Bertz CT molecular complexity index is 1490. The molecule has 0 spiro atoms. The van der Waals surface area contributed by atoms with Gasteiger partial charge >= 0.3 is 5.97 Å². The summed E-state index contributed by atoms with van der Waals surface area (Å²) in [5, 5.41) is 0.980. The monoisotopic (exact) mass is 616 g/mol. The number of carbonyl (C=O) groups is 2. The van der Waals surface area contributed by atoms with Crippen molar-refractivity contribution in [2.75, 3.05) is 20.3 Å². The molecule has 2 aliphatic heterocycles. The highest BCUT2D eigenvalue weighted by molar-refractivity contribution is 5.89. The molecule has 0 unspecified atom stereocenters. The summed E-state index contributed by atoms with van der Waals surface area (Å²) in [6, 6.07) is 16.7. The van der Waals surface area contributed by atoms with Crippen LogP contribution in [0.5, 0.6) is 5.88 Å². The number of rotatable bonds is 9. The number of hydrogen-bond donors (Lipinski definition) is 0. The fraction of sp³-hybridized carbons (Fsp3) is 0.541. The third-order valence-electron chi connectivity index (χ3n) is 9.17. The Morgan fingerprint density at radius 1 is 1.07 bits per heavy atom. The van der Waals surface area contributed by atoms with Gasteiger partial charge in [0.1, 0.15) is 12.1 Å². The number of likely N-dealkylation sites (tertiary alicyclic amines) is 1. The van der Waals surface area contributed by atoms with Crippen LogP contribution in [0.4, 0.5) is 0 Å². The van der Waals surface area contributed by atoms with Crippen molar-refractivity contribution in [3.05, 3.63) is 71.3 Å². The van der Waals surface area contributed by atoms with E-state index in [1.807, 2.05) is 42.5 Å². The molecule has 1 amide bonds. The van der Waals surface area contributed by atoms with Gasteiger partial charge in [-0.3, -0.25) is 4.79 Å². The Labute approximate surface area is 267 Å². The van der Waals surface area contributed by atoms with Crippen LogP contribution >= 0.6 is 0 Å². The van der Waals surface area contributed by atoms with Gasteiger partial charge in [0.2, 0.25) is 5.88 Å². The number of hydrogen-bond acceptors (Lipinski definition) is 7.